The summed E-state index contributed by atoms with van der Waals surface area (Å²) in [4.78, 5) is 25.4. The van der Waals surface area contributed by atoms with Gasteiger partial charge in [-0.3, -0.25) is 4.79 Å². The van der Waals surface area contributed by atoms with Gasteiger partial charge in [-0.2, -0.15) is 0 Å². The zero-order valence-electron chi connectivity index (χ0n) is 15.3. The molecule has 0 aliphatic heterocycles. The van der Waals surface area contributed by atoms with E-state index in [2.05, 4.69) is 10.6 Å². The van der Waals surface area contributed by atoms with Crippen molar-refractivity contribution >= 4 is 29.2 Å². The molecule has 0 bridgehead atoms. The molecule has 138 valence electrons. The van der Waals surface area contributed by atoms with E-state index >= 15 is 0 Å². The number of carbonyl (C=O) groups excluding carboxylic acids is 2. The number of nitrogens with zero attached hydrogens (tertiary/aromatic N) is 1. The van der Waals surface area contributed by atoms with Crippen molar-refractivity contribution in [2.45, 2.75) is 39.9 Å². The zero-order chi connectivity index (χ0) is 19.1. The minimum absolute atomic E-state index is 0.0452. The SMILES string of the molecule is CC(=O)N(Cc1ccc(NC(=O)NCc2ccc(Cl)cc2)cc1)C(C)C. The Balaban J connectivity index is 1.86. The molecule has 0 aliphatic carbocycles. The van der Waals surface area contributed by atoms with Gasteiger partial charge in [0.15, 0.2) is 0 Å². The van der Waals surface area contributed by atoms with Gasteiger partial charge in [0.1, 0.15) is 0 Å². The predicted molar refractivity (Wildman–Crippen MR) is 105 cm³/mol. The van der Waals surface area contributed by atoms with Crippen molar-refractivity contribution in [1.82, 2.24) is 10.2 Å². The van der Waals surface area contributed by atoms with Crippen molar-refractivity contribution in [2.24, 2.45) is 0 Å². The minimum Gasteiger partial charge on any atom is -0.336 e. The third-order valence-corrected chi connectivity index (χ3v) is 4.21. The van der Waals surface area contributed by atoms with Crippen molar-refractivity contribution in [3.05, 3.63) is 64.7 Å². The molecule has 5 nitrogen and oxygen atoms in total. The summed E-state index contributed by atoms with van der Waals surface area (Å²) < 4.78 is 0. The summed E-state index contributed by atoms with van der Waals surface area (Å²) >= 11 is 5.84. The maximum Gasteiger partial charge on any atom is 0.319 e. The van der Waals surface area contributed by atoms with Crippen LogP contribution in [0.1, 0.15) is 31.9 Å². The molecule has 26 heavy (non-hydrogen) atoms. The standard InChI is InChI=1S/C20H24ClN3O2/c1-14(2)24(15(3)25)13-17-6-10-19(11-7-17)23-20(26)22-12-16-4-8-18(21)9-5-16/h4-11,14H,12-13H2,1-3H3,(H2,22,23,26). The Morgan fingerprint density at radius 1 is 1.00 bits per heavy atom. The highest BCUT2D eigenvalue weighted by Crippen LogP contribution is 2.14. The van der Waals surface area contributed by atoms with Gasteiger partial charge >= 0.3 is 6.03 Å². The average Bonchev–Trinajstić information content (AvgIpc) is 2.60. The van der Waals surface area contributed by atoms with Gasteiger partial charge in [0.05, 0.1) is 0 Å². The molecule has 0 aromatic heterocycles. The van der Waals surface area contributed by atoms with Gasteiger partial charge in [-0.15, -0.1) is 0 Å². The second kappa shape index (κ2) is 9.25. The number of hydrogen-bond acceptors (Lipinski definition) is 2. The molecule has 0 aliphatic rings. The van der Waals surface area contributed by atoms with Gasteiger partial charge in [-0.1, -0.05) is 35.9 Å². The van der Waals surface area contributed by atoms with Crippen LogP contribution in [-0.4, -0.2) is 22.9 Å². The van der Waals surface area contributed by atoms with Gasteiger partial charge in [-0.25, -0.2) is 4.79 Å². The molecule has 0 saturated heterocycles. The number of halogens is 1. The molecule has 0 radical (unpaired) electrons. The number of rotatable bonds is 6. The highest BCUT2D eigenvalue weighted by Gasteiger charge is 2.13. The van der Waals surface area contributed by atoms with Crippen LogP contribution in [0.3, 0.4) is 0 Å². The highest BCUT2D eigenvalue weighted by molar-refractivity contribution is 6.30. The number of hydrogen-bond donors (Lipinski definition) is 2. The quantitative estimate of drug-likeness (QED) is 0.787. The summed E-state index contributed by atoms with van der Waals surface area (Å²) in [5, 5.41) is 6.26. The van der Waals surface area contributed by atoms with Crippen LogP contribution in [-0.2, 0) is 17.9 Å². The number of nitrogens with one attached hydrogen (secondary N) is 2. The van der Waals surface area contributed by atoms with Crippen LogP contribution in [0.5, 0.6) is 0 Å². The summed E-state index contributed by atoms with van der Waals surface area (Å²) in [7, 11) is 0. The van der Waals surface area contributed by atoms with E-state index in [1.54, 1.807) is 24.0 Å². The Kier molecular flexibility index (Phi) is 7.04. The van der Waals surface area contributed by atoms with Crippen LogP contribution >= 0.6 is 11.6 Å². The molecular weight excluding hydrogens is 350 g/mol. The van der Waals surface area contributed by atoms with Crippen molar-refractivity contribution in [3.8, 4) is 0 Å². The lowest BCUT2D eigenvalue weighted by Crippen LogP contribution is -2.34. The topological polar surface area (TPSA) is 61.4 Å². The van der Waals surface area contributed by atoms with E-state index in [0.29, 0.717) is 23.8 Å². The van der Waals surface area contributed by atoms with E-state index in [1.807, 2.05) is 50.2 Å². The molecule has 3 amide bonds. The molecule has 2 rings (SSSR count). The molecule has 2 aromatic rings. The van der Waals surface area contributed by atoms with Gasteiger partial charge in [0, 0.05) is 36.8 Å². The largest absolute Gasteiger partial charge is 0.336 e. The molecular formula is C20H24ClN3O2. The van der Waals surface area contributed by atoms with Crippen LogP contribution < -0.4 is 10.6 Å². The van der Waals surface area contributed by atoms with E-state index in [1.165, 1.54) is 0 Å². The van der Waals surface area contributed by atoms with Crippen LogP contribution in [0.4, 0.5) is 10.5 Å². The van der Waals surface area contributed by atoms with Crippen LogP contribution in [0, 0.1) is 0 Å². The maximum absolute atomic E-state index is 12.0. The molecule has 6 heteroatoms. The predicted octanol–water partition coefficient (Wildman–Crippen LogP) is 4.42. The van der Waals surface area contributed by atoms with Crippen LogP contribution in [0.2, 0.25) is 5.02 Å². The summed E-state index contributed by atoms with van der Waals surface area (Å²) in [5.41, 5.74) is 2.68. The fourth-order valence-electron chi connectivity index (χ4n) is 2.51. The first kappa shape index (κ1) is 19.8. The summed E-state index contributed by atoms with van der Waals surface area (Å²) in [6.07, 6.45) is 0. The average molecular weight is 374 g/mol. The molecule has 0 saturated carbocycles. The van der Waals surface area contributed by atoms with E-state index in [4.69, 9.17) is 11.6 Å². The second-order valence-corrected chi connectivity index (χ2v) is 6.81. The van der Waals surface area contributed by atoms with Gasteiger partial charge < -0.3 is 15.5 Å². The molecule has 0 unspecified atom stereocenters. The molecule has 0 atom stereocenters. The summed E-state index contributed by atoms with van der Waals surface area (Å²) in [6, 6.07) is 14.7. The van der Waals surface area contributed by atoms with Crippen molar-refractivity contribution in [3.63, 3.8) is 0 Å². The van der Waals surface area contributed by atoms with Gasteiger partial charge in [-0.05, 0) is 49.2 Å². The minimum atomic E-state index is -0.278. The smallest absolute Gasteiger partial charge is 0.319 e. The number of amides is 3. The summed E-state index contributed by atoms with van der Waals surface area (Å²) in [6.45, 7) is 6.52. The number of urea groups is 1. The lowest BCUT2D eigenvalue weighted by molar-refractivity contribution is -0.131. The molecule has 0 fully saturated rings. The summed E-state index contributed by atoms with van der Waals surface area (Å²) in [5.74, 6) is 0.0452. The first-order valence-corrected chi connectivity index (χ1v) is 8.88. The Hall–Kier alpha value is -2.53. The van der Waals surface area contributed by atoms with E-state index in [9.17, 15) is 9.59 Å². The Morgan fingerprint density at radius 2 is 1.58 bits per heavy atom. The first-order chi connectivity index (χ1) is 12.3. The molecule has 0 heterocycles. The fourth-order valence-corrected chi connectivity index (χ4v) is 2.63. The maximum atomic E-state index is 12.0. The number of carbonyl (C=O) groups is 2. The zero-order valence-corrected chi connectivity index (χ0v) is 16.0. The third kappa shape index (κ3) is 6.08. The van der Waals surface area contributed by atoms with Gasteiger partial charge in [0.2, 0.25) is 5.91 Å². The molecule has 2 aromatic carbocycles. The lowest BCUT2D eigenvalue weighted by Gasteiger charge is -2.25. The fraction of sp³-hybridized carbons (Fsp3) is 0.300. The molecule has 2 N–H and O–H groups in total. The lowest BCUT2D eigenvalue weighted by atomic mass is 10.1. The van der Waals surface area contributed by atoms with Crippen molar-refractivity contribution in [1.29, 1.82) is 0 Å². The van der Waals surface area contributed by atoms with Crippen LogP contribution in [0.15, 0.2) is 48.5 Å². The van der Waals surface area contributed by atoms with Gasteiger partial charge in [0.25, 0.3) is 0 Å². The van der Waals surface area contributed by atoms with E-state index in [0.717, 1.165) is 11.1 Å². The van der Waals surface area contributed by atoms with Crippen LogP contribution in [0.25, 0.3) is 0 Å². The van der Waals surface area contributed by atoms with Crippen molar-refractivity contribution < 1.29 is 9.59 Å². The monoisotopic (exact) mass is 373 g/mol. The molecule has 0 spiro atoms. The first-order valence-electron chi connectivity index (χ1n) is 8.50. The Bertz CT molecular complexity index is 743. The normalized spacial score (nSPS) is 10.5. The second-order valence-electron chi connectivity index (χ2n) is 6.37. The Labute approximate surface area is 159 Å². The number of anilines is 1. The van der Waals surface area contributed by atoms with E-state index in [-0.39, 0.29) is 18.0 Å². The van der Waals surface area contributed by atoms with E-state index < -0.39 is 0 Å². The number of benzene rings is 2. The van der Waals surface area contributed by atoms with Crippen molar-refractivity contribution in [2.75, 3.05) is 5.32 Å². The highest BCUT2D eigenvalue weighted by atomic mass is 35.5. The Morgan fingerprint density at radius 3 is 2.12 bits per heavy atom. The third-order valence-electron chi connectivity index (χ3n) is 3.96.